The van der Waals surface area contributed by atoms with Gasteiger partial charge in [0.2, 0.25) is 11.8 Å². The minimum Gasteiger partial charge on any atom is -0.508 e. The first-order chi connectivity index (χ1) is 20.2. The number of carbonyl (C=O) groups is 3. The van der Waals surface area contributed by atoms with Gasteiger partial charge in [0.25, 0.3) is 0 Å². The molecule has 0 aliphatic heterocycles. The smallest absolute Gasteiger partial charge is 0.243 e. The highest BCUT2D eigenvalue weighted by atomic mass is 16.3. The Morgan fingerprint density at radius 1 is 0.810 bits per heavy atom. The summed E-state index contributed by atoms with van der Waals surface area (Å²) < 4.78 is 0. The van der Waals surface area contributed by atoms with E-state index in [0.29, 0.717) is 25.8 Å². The van der Waals surface area contributed by atoms with Crippen LogP contribution in [0.25, 0.3) is 0 Å². The number of hydrogen-bond acceptors (Lipinski definition) is 5. The first kappa shape index (κ1) is 36.9. The number of guanidine groups is 1. The quantitative estimate of drug-likeness (QED) is 0.0509. The van der Waals surface area contributed by atoms with Gasteiger partial charge in [-0.1, -0.05) is 103 Å². The van der Waals surface area contributed by atoms with Gasteiger partial charge in [-0.2, -0.15) is 0 Å². The lowest BCUT2D eigenvalue weighted by Gasteiger charge is -2.23. The number of unbranched alkanes of at least 4 members (excludes halogenated alkanes) is 13. The largest absolute Gasteiger partial charge is 0.508 e. The summed E-state index contributed by atoms with van der Waals surface area (Å²) in [6.07, 6.45) is 18.4. The number of carbonyl (C=O) groups excluding carboxylic acids is 3. The van der Waals surface area contributed by atoms with Crippen LogP contribution in [0.2, 0.25) is 0 Å². The van der Waals surface area contributed by atoms with Crippen LogP contribution < -0.4 is 21.7 Å². The number of rotatable bonds is 25. The number of nitrogens with one attached hydrogen (secondary N) is 4. The normalized spacial score (nSPS) is 12.3. The van der Waals surface area contributed by atoms with Crippen LogP contribution in [0.15, 0.2) is 24.3 Å². The summed E-state index contributed by atoms with van der Waals surface area (Å²) in [5.41, 5.74) is 6.14. The van der Waals surface area contributed by atoms with E-state index in [4.69, 9.17) is 11.1 Å². The van der Waals surface area contributed by atoms with Gasteiger partial charge in [-0.3, -0.25) is 19.8 Å². The van der Waals surface area contributed by atoms with Crippen molar-refractivity contribution in [3.63, 3.8) is 0 Å². The van der Waals surface area contributed by atoms with E-state index >= 15 is 0 Å². The molecular formula is C33H56N5O4. The molecule has 0 saturated heterocycles. The Kier molecular flexibility index (Phi) is 20.6. The molecule has 2 atom stereocenters. The standard InChI is InChI=1S/C33H56N5O4/c1-3-4-5-6-7-8-9-10-11-12-13-14-15-16-19-31(41)29(18-17-24-36-33(34)35)38-32(42)30(37-26(2)39)25-27-20-22-28(40)23-21-27/h20-23,29-30,40H,1,3-19,24-25H2,2H3,(H,37,39)(H,38,42)(H4,34,35,36)/t29-,30-/m0/s1. The van der Waals surface area contributed by atoms with E-state index in [1.807, 2.05) is 0 Å². The van der Waals surface area contributed by atoms with Gasteiger partial charge in [0, 0.05) is 26.3 Å². The SMILES string of the molecule is [CH2]CCCCCCCCCCCCCCCC(=O)[C@H](CCCNC(=N)N)NC(=O)[C@H](Cc1ccc(O)cc1)NC(C)=O. The summed E-state index contributed by atoms with van der Waals surface area (Å²) in [5, 5.41) is 25.2. The highest BCUT2D eigenvalue weighted by Crippen LogP contribution is 2.15. The van der Waals surface area contributed by atoms with Crippen molar-refractivity contribution in [3.8, 4) is 5.75 Å². The summed E-state index contributed by atoms with van der Waals surface area (Å²) >= 11 is 0. The highest BCUT2D eigenvalue weighted by molar-refractivity contribution is 5.92. The Bertz CT molecular complexity index is 906. The molecule has 1 rings (SSSR count). The van der Waals surface area contributed by atoms with Gasteiger partial charge in [0.15, 0.2) is 11.7 Å². The predicted octanol–water partition coefficient (Wildman–Crippen LogP) is 5.44. The second-order valence-electron chi connectivity index (χ2n) is 11.3. The highest BCUT2D eigenvalue weighted by Gasteiger charge is 2.26. The Hall–Kier alpha value is -3.10. The summed E-state index contributed by atoms with van der Waals surface area (Å²) in [7, 11) is 0. The Morgan fingerprint density at radius 3 is 1.83 bits per heavy atom. The van der Waals surface area contributed by atoms with Crippen molar-refractivity contribution < 1.29 is 19.5 Å². The molecule has 0 aliphatic carbocycles. The molecule has 1 aromatic carbocycles. The molecule has 1 radical (unpaired) electrons. The number of amides is 2. The van der Waals surface area contributed by atoms with Gasteiger partial charge in [-0.05, 0) is 37.0 Å². The van der Waals surface area contributed by atoms with E-state index in [9.17, 15) is 19.5 Å². The fourth-order valence-electron chi connectivity index (χ4n) is 5.03. The van der Waals surface area contributed by atoms with Crippen LogP contribution in [0.3, 0.4) is 0 Å². The second-order valence-corrected chi connectivity index (χ2v) is 11.3. The minimum atomic E-state index is -0.851. The van der Waals surface area contributed by atoms with Crippen LogP contribution in [0.4, 0.5) is 0 Å². The number of hydrogen-bond donors (Lipinski definition) is 6. The number of phenolic OH excluding ortho intramolecular Hbond substituents is 1. The van der Waals surface area contributed by atoms with Crippen molar-refractivity contribution in [2.45, 2.75) is 135 Å². The molecule has 0 bridgehead atoms. The van der Waals surface area contributed by atoms with Crippen molar-refractivity contribution in [2.75, 3.05) is 6.54 Å². The van der Waals surface area contributed by atoms with Crippen molar-refractivity contribution in [2.24, 2.45) is 5.73 Å². The average Bonchev–Trinajstić information content (AvgIpc) is 2.95. The molecule has 237 valence electrons. The molecule has 1 aromatic rings. The van der Waals surface area contributed by atoms with Crippen molar-refractivity contribution in [1.82, 2.24) is 16.0 Å². The van der Waals surface area contributed by atoms with Crippen LogP contribution in [-0.2, 0) is 20.8 Å². The lowest BCUT2D eigenvalue weighted by atomic mass is 9.99. The fraction of sp³-hybridized carbons (Fsp3) is 0.667. The monoisotopic (exact) mass is 586 g/mol. The van der Waals surface area contributed by atoms with E-state index in [-0.39, 0.29) is 29.8 Å². The minimum absolute atomic E-state index is 0.0208. The van der Waals surface area contributed by atoms with E-state index in [0.717, 1.165) is 31.2 Å². The molecule has 2 amide bonds. The molecular weight excluding hydrogens is 530 g/mol. The van der Waals surface area contributed by atoms with E-state index in [2.05, 4.69) is 22.9 Å². The lowest BCUT2D eigenvalue weighted by Crippen LogP contribution is -2.52. The van der Waals surface area contributed by atoms with Gasteiger partial charge in [-0.15, -0.1) is 0 Å². The summed E-state index contributed by atoms with van der Waals surface area (Å²) in [6, 6.07) is 4.92. The van der Waals surface area contributed by atoms with Crippen LogP contribution in [0, 0.1) is 12.3 Å². The van der Waals surface area contributed by atoms with Crippen molar-refractivity contribution >= 4 is 23.6 Å². The van der Waals surface area contributed by atoms with Crippen LogP contribution >= 0.6 is 0 Å². The third-order valence-electron chi connectivity index (χ3n) is 7.43. The maximum absolute atomic E-state index is 13.2. The number of ketones is 1. The van der Waals surface area contributed by atoms with Gasteiger partial charge in [0.1, 0.15) is 11.8 Å². The maximum atomic E-state index is 13.2. The summed E-state index contributed by atoms with van der Waals surface area (Å²) in [4.78, 5) is 38.2. The molecule has 0 unspecified atom stereocenters. The Labute approximate surface area is 253 Å². The summed E-state index contributed by atoms with van der Waals surface area (Å²) in [5.74, 6) is -0.808. The van der Waals surface area contributed by atoms with Crippen LogP contribution in [0.1, 0.15) is 122 Å². The molecule has 42 heavy (non-hydrogen) atoms. The Morgan fingerprint density at radius 2 is 1.33 bits per heavy atom. The van der Waals surface area contributed by atoms with Gasteiger partial charge < -0.3 is 26.8 Å². The zero-order valence-corrected chi connectivity index (χ0v) is 25.9. The topological polar surface area (TPSA) is 157 Å². The summed E-state index contributed by atoms with van der Waals surface area (Å²) in [6.45, 7) is 5.66. The molecule has 7 N–H and O–H groups in total. The fourth-order valence-corrected chi connectivity index (χ4v) is 5.03. The molecule has 0 aromatic heterocycles. The predicted molar refractivity (Wildman–Crippen MR) is 170 cm³/mol. The third kappa shape index (κ3) is 19.1. The zero-order valence-electron chi connectivity index (χ0n) is 25.9. The third-order valence-corrected chi connectivity index (χ3v) is 7.43. The molecule has 0 fully saturated rings. The molecule has 0 saturated carbocycles. The number of nitrogens with two attached hydrogens (primary N) is 1. The van der Waals surface area contributed by atoms with Crippen molar-refractivity contribution in [3.05, 3.63) is 36.8 Å². The van der Waals surface area contributed by atoms with Gasteiger partial charge >= 0.3 is 0 Å². The van der Waals surface area contributed by atoms with Gasteiger partial charge in [-0.25, -0.2) is 0 Å². The van der Waals surface area contributed by atoms with E-state index in [1.54, 1.807) is 12.1 Å². The molecule has 0 aliphatic rings. The number of Topliss-reactive ketones (excluding diaryl/α,β-unsaturated/α-hetero) is 1. The number of benzene rings is 1. The molecule has 0 heterocycles. The number of phenols is 1. The van der Waals surface area contributed by atoms with Crippen LogP contribution in [-0.4, -0.2) is 47.3 Å². The van der Waals surface area contributed by atoms with Crippen LogP contribution in [0.5, 0.6) is 5.75 Å². The molecule has 9 heteroatoms. The van der Waals surface area contributed by atoms with E-state index in [1.165, 1.54) is 83.3 Å². The Balaban J connectivity index is 2.48. The molecule has 0 spiro atoms. The lowest BCUT2D eigenvalue weighted by molar-refractivity contribution is -0.131. The second kappa shape index (κ2) is 23.5. The first-order valence-corrected chi connectivity index (χ1v) is 16.0. The van der Waals surface area contributed by atoms with E-state index < -0.39 is 18.0 Å². The van der Waals surface area contributed by atoms with Crippen molar-refractivity contribution in [1.29, 1.82) is 5.41 Å². The molecule has 9 nitrogen and oxygen atoms in total. The average molecular weight is 587 g/mol. The first-order valence-electron chi connectivity index (χ1n) is 16.0. The number of aromatic hydroxyl groups is 1. The zero-order chi connectivity index (χ0) is 31.0. The maximum Gasteiger partial charge on any atom is 0.243 e. The van der Waals surface area contributed by atoms with Gasteiger partial charge in [0.05, 0.1) is 6.04 Å².